The molecule has 1 aliphatic carbocycles. The molecule has 1 aliphatic rings. The van der Waals surface area contributed by atoms with E-state index in [0.29, 0.717) is 23.1 Å². The number of carbonyl (C=O) groups is 1. The first-order valence-corrected chi connectivity index (χ1v) is 8.87. The minimum Gasteiger partial charge on any atom is -0.490 e. The average Bonchev–Trinajstić information content (AvgIpc) is 3.06. The van der Waals surface area contributed by atoms with E-state index < -0.39 is 11.6 Å². The van der Waals surface area contributed by atoms with E-state index in [4.69, 9.17) is 9.84 Å². The van der Waals surface area contributed by atoms with E-state index in [1.807, 2.05) is 0 Å². The number of ether oxygens (including phenoxy) is 1. The topological polar surface area (TPSA) is 109 Å². The second kappa shape index (κ2) is 7.48. The number of rotatable bonds is 7. The summed E-state index contributed by atoms with van der Waals surface area (Å²) in [6.45, 7) is 3.35. The number of hydrogen-bond acceptors (Lipinski definition) is 7. The van der Waals surface area contributed by atoms with E-state index in [1.54, 1.807) is 44.1 Å². The lowest BCUT2D eigenvalue weighted by atomic mass is 10.2. The number of carboxylic acids is 1. The fraction of sp³-hybridized carbons (Fsp3) is 0.474. The Bertz CT molecular complexity index is 848. The Hall–Kier alpha value is -2.74. The van der Waals surface area contributed by atoms with Crippen LogP contribution in [0.2, 0.25) is 0 Å². The zero-order valence-electron chi connectivity index (χ0n) is 15.8. The molecule has 0 atom stereocenters. The molecular weight excluding hydrogens is 348 g/mol. The summed E-state index contributed by atoms with van der Waals surface area (Å²) in [4.78, 5) is 26.3. The Morgan fingerprint density at radius 2 is 2.11 bits per heavy atom. The number of carboxylic acid groups (broad SMARTS) is 1. The van der Waals surface area contributed by atoms with Crippen LogP contribution >= 0.6 is 0 Å². The molecule has 0 spiro atoms. The van der Waals surface area contributed by atoms with Gasteiger partial charge in [-0.15, -0.1) is 0 Å². The number of anilines is 1. The number of aliphatic carboxylic acids is 1. The molecule has 2 aromatic rings. The number of aryl methyl sites for hydroxylation is 1. The van der Waals surface area contributed by atoms with Crippen molar-refractivity contribution in [1.82, 2.24) is 15.0 Å². The van der Waals surface area contributed by atoms with Crippen LogP contribution in [0.25, 0.3) is 11.5 Å². The highest BCUT2D eigenvalue weighted by Gasteiger charge is 2.23. The van der Waals surface area contributed by atoms with Crippen molar-refractivity contribution in [1.29, 1.82) is 0 Å². The van der Waals surface area contributed by atoms with Crippen LogP contribution in [-0.2, 0) is 17.6 Å². The molecule has 2 aromatic heterocycles. The van der Waals surface area contributed by atoms with Crippen molar-refractivity contribution in [3.63, 3.8) is 0 Å². The second-order valence-corrected chi connectivity index (χ2v) is 7.38. The van der Waals surface area contributed by atoms with Gasteiger partial charge in [0.25, 0.3) is 0 Å². The van der Waals surface area contributed by atoms with Crippen LogP contribution < -0.4 is 9.64 Å². The number of aliphatic hydroxyl groups is 1. The van der Waals surface area contributed by atoms with Crippen molar-refractivity contribution in [2.75, 3.05) is 25.1 Å². The van der Waals surface area contributed by atoms with Gasteiger partial charge < -0.3 is 19.8 Å². The normalized spacial score (nSPS) is 13.3. The zero-order chi connectivity index (χ0) is 19.6. The van der Waals surface area contributed by atoms with Gasteiger partial charge in [-0.2, -0.15) is 0 Å². The van der Waals surface area contributed by atoms with Crippen molar-refractivity contribution < 1.29 is 19.7 Å². The molecule has 0 saturated heterocycles. The summed E-state index contributed by atoms with van der Waals surface area (Å²) >= 11 is 0. The van der Waals surface area contributed by atoms with Gasteiger partial charge in [0.1, 0.15) is 30.4 Å². The van der Waals surface area contributed by atoms with Crippen molar-refractivity contribution in [3.05, 3.63) is 29.6 Å². The third kappa shape index (κ3) is 4.71. The smallest absolute Gasteiger partial charge is 0.323 e. The summed E-state index contributed by atoms with van der Waals surface area (Å²) in [6, 6.07) is 3.43. The maximum absolute atomic E-state index is 11.1. The summed E-state index contributed by atoms with van der Waals surface area (Å²) in [6.07, 6.45) is 4.26. The molecule has 0 fully saturated rings. The van der Waals surface area contributed by atoms with Crippen molar-refractivity contribution in [2.45, 2.75) is 38.7 Å². The monoisotopic (exact) mass is 372 g/mol. The van der Waals surface area contributed by atoms with Crippen molar-refractivity contribution in [2.24, 2.45) is 0 Å². The predicted octanol–water partition coefficient (Wildman–Crippen LogP) is 1.70. The first kappa shape index (κ1) is 19.0. The molecule has 0 radical (unpaired) electrons. The van der Waals surface area contributed by atoms with Crippen LogP contribution in [0.1, 0.15) is 31.5 Å². The second-order valence-electron chi connectivity index (χ2n) is 7.38. The van der Waals surface area contributed by atoms with Gasteiger partial charge in [0.15, 0.2) is 5.82 Å². The molecule has 3 rings (SSSR count). The largest absolute Gasteiger partial charge is 0.490 e. The van der Waals surface area contributed by atoms with Gasteiger partial charge in [0.05, 0.1) is 5.60 Å². The molecule has 27 heavy (non-hydrogen) atoms. The fourth-order valence-corrected chi connectivity index (χ4v) is 3.00. The van der Waals surface area contributed by atoms with Crippen LogP contribution in [0, 0.1) is 0 Å². The van der Waals surface area contributed by atoms with Crippen LogP contribution in [0.15, 0.2) is 18.3 Å². The van der Waals surface area contributed by atoms with E-state index in [-0.39, 0.29) is 13.2 Å². The number of fused-ring (bicyclic) bond motifs is 1. The number of likely N-dealkylation sites (N-methyl/N-ethyl adjacent to an activating group) is 1. The highest BCUT2D eigenvalue weighted by Crippen LogP contribution is 2.31. The lowest BCUT2D eigenvalue weighted by molar-refractivity contribution is -0.135. The number of nitrogens with zero attached hydrogens (tertiary/aromatic N) is 4. The third-order valence-corrected chi connectivity index (χ3v) is 4.20. The Balaban J connectivity index is 1.94. The van der Waals surface area contributed by atoms with Gasteiger partial charge >= 0.3 is 5.97 Å². The van der Waals surface area contributed by atoms with E-state index in [1.165, 1.54) is 0 Å². The molecule has 0 amide bonds. The summed E-state index contributed by atoms with van der Waals surface area (Å²) in [5.74, 6) is 0.729. The molecule has 2 N–H and O–H groups in total. The zero-order valence-corrected chi connectivity index (χ0v) is 15.8. The van der Waals surface area contributed by atoms with Crippen molar-refractivity contribution >= 4 is 11.8 Å². The molecular formula is C19H24N4O4. The Kier molecular flexibility index (Phi) is 5.27. The highest BCUT2D eigenvalue weighted by molar-refractivity contribution is 5.74. The molecule has 0 aromatic carbocycles. The Labute approximate surface area is 157 Å². The first-order chi connectivity index (χ1) is 12.7. The van der Waals surface area contributed by atoms with Crippen LogP contribution in [-0.4, -0.2) is 56.9 Å². The van der Waals surface area contributed by atoms with Crippen molar-refractivity contribution in [3.8, 4) is 17.3 Å². The summed E-state index contributed by atoms with van der Waals surface area (Å²) in [5.41, 5.74) is 1.55. The van der Waals surface area contributed by atoms with Gasteiger partial charge in [-0.25, -0.2) is 9.97 Å². The molecule has 8 heteroatoms. The van der Waals surface area contributed by atoms with Gasteiger partial charge in [0.2, 0.25) is 0 Å². The lowest BCUT2D eigenvalue weighted by Gasteiger charge is -2.20. The van der Waals surface area contributed by atoms with Gasteiger partial charge in [-0.05, 0) is 39.2 Å². The molecule has 144 valence electrons. The number of pyridine rings is 1. The lowest BCUT2D eigenvalue weighted by Crippen LogP contribution is -2.28. The standard InChI is InChI=1S/C19H24N4O4/c1-19(2,26)11-27-12-7-8-20-15(9-12)17-21-14-6-4-5-13(14)18(22-17)23(3)10-16(24)25/h7-9,26H,4-6,10-11H2,1-3H3,(H,24,25). The molecule has 0 saturated carbocycles. The SMILES string of the molecule is CN(CC(=O)O)c1nc(-c2cc(OCC(C)(C)O)ccn2)nc2c1CCC2. The summed E-state index contributed by atoms with van der Waals surface area (Å²) in [5, 5.41) is 18.9. The first-order valence-electron chi connectivity index (χ1n) is 8.87. The Morgan fingerprint density at radius 3 is 2.81 bits per heavy atom. The molecule has 0 aliphatic heterocycles. The number of aromatic nitrogens is 3. The minimum absolute atomic E-state index is 0.134. The molecule has 2 heterocycles. The molecule has 8 nitrogen and oxygen atoms in total. The summed E-state index contributed by atoms with van der Waals surface area (Å²) < 4.78 is 5.62. The van der Waals surface area contributed by atoms with E-state index >= 15 is 0 Å². The molecule has 0 bridgehead atoms. The average molecular weight is 372 g/mol. The highest BCUT2D eigenvalue weighted by atomic mass is 16.5. The van der Waals surface area contributed by atoms with Gasteiger partial charge in [-0.3, -0.25) is 9.78 Å². The van der Waals surface area contributed by atoms with E-state index in [9.17, 15) is 9.90 Å². The number of hydrogen-bond donors (Lipinski definition) is 2. The van der Waals surface area contributed by atoms with Crippen LogP contribution in [0.4, 0.5) is 5.82 Å². The van der Waals surface area contributed by atoms with Crippen LogP contribution in [0.5, 0.6) is 5.75 Å². The quantitative estimate of drug-likeness (QED) is 0.756. The summed E-state index contributed by atoms with van der Waals surface area (Å²) in [7, 11) is 1.72. The van der Waals surface area contributed by atoms with Crippen LogP contribution in [0.3, 0.4) is 0 Å². The maximum Gasteiger partial charge on any atom is 0.323 e. The fourth-order valence-electron chi connectivity index (χ4n) is 3.00. The van der Waals surface area contributed by atoms with Gasteiger partial charge in [-0.1, -0.05) is 0 Å². The third-order valence-electron chi connectivity index (χ3n) is 4.20. The van der Waals surface area contributed by atoms with E-state index in [0.717, 1.165) is 30.5 Å². The van der Waals surface area contributed by atoms with Gasteiger partial charge in [0, 0.05) is 30.6 Å². The molecule has 0 unspecified atom stereocenters. The maximum atomic E-state index is 11.1. The minimum atomic E-state index is -0.944. The predicted molar refractivity (Wildman–Crippen MR) is 100.0 cm³/mol. The van der Waals surface area contributed by atoms with E-state index in [2.05, 4.69) is 15.0 Å². The Morgan fingerprint density at radius 1 is 1.33 bits per heavy atom.